The zero-order valence-electron chi connectivity index (χ0n) is 7.63. The SMILES string of the molecule is O=CN[C@@H](CO)[C@@H](O)c1ccccc1. The number of aliphatic hydroxyl groups excluding tert-OH is 2. The average Bonchev–Trinajstić information content (AvgIpc) is 2.26. The fourth-order valence-electron chi connectivity index (χ4n) is 1.21. The van der Waals surface area contributed by atoms with Crippen LogP contribution in [0.15, 0.2) is 30.3 Å². The lowest BCUT2D eigenvalue weighted by molar-refractivity contribution is -0.111. The molecular weight excluding hydrogens is 182 g/mol. The van der Waals surface area contributed by atoms with E-state index in [1.54, 1.807) is 24.3 Å². The van der Waals surface area contributed by atoms with Gasteiger partial charge in [0.2, 0.25) is 6.41 Å². The van der Waals surface area contributed by atoms with E-state index < -0.39 is 12.1 Å². The van der Waals surface area contributed by atoms with Crippen molar-refractivity contribution in [3.63, 3.8) is 0 Å². The third kappa shape index (κ3) is 2.55. The van der Waals surface area contributed by atoms with Gasteiger partial charge in [0.25, 0.3) is 0 Å². The van der Waals surface area contributed by atoms with E-state index in [1.165, 1.54) is 0 Å². The number of carbonyl (C=O) groups excluding carboxylic acids is 1. The highest BCUT2D eigenvalue weighted by Gasteiger charge is 2.18. The molecule has 0 radical (unpaired) electrons. The monoisotopic (exact) mass is 195 g/mol. The summed E-state index contributed by atoms with van der Waals surface area (Å²) in [6, 6.07) is 8.22. The van der Waals surface area contributed by atoms with Crippen LogP contribution < -0.4 is 5.32 Å². The topological polar surface area (TPSA) is 69.6 Å². The Hall–Kier alpha value is -1.39. The maximum absolute atomic E-state index is 10.2. The van der Waals surface area contributed by atoms with Crippen molar-refractivity contribution in [3.8, 4) is 0 Å². The predicted molar refractivity (Wildman–Crippen MR) is 51.5 cm³/mol. The van der Waals surface area contributed by atoms with E-state index in [2.05, 4.69) is 5.32 Å². The second-order valence-corrected chi connectivity index (χ2v) is 2.93. The van der Waals surface area contributed by atoms with Crippen LogP contribution >= 0.6 is 0 Å². The van der Waals surface area contributed by atoms with Crippen LogP contribution in [-0.4, -0.2) is 29.3 Å². The second-order valence-electron chi connectivity index (χ2n) is 2.93. The van der Waals surface area contributed by atoms with Gasteiger partial charge >= 0.3 is 0 Å². The largest absolute Gasteiger partial charge is 0.394 e. The van der Waals surface area contributed by atoms with Crippen molar-refractivity contribution in [2.24, 2.45) is 0 Å². The molecule has 0 heterocycles. The first-order valence-electron chi connectivity index (χ1n) is 4.33. The molecule has 3 N–H and O–H groups in total. The minimum atomic E-state index is -0.883. The van der Waals surface area contributed by atoms with Crippen LogP contribution in [0.1, 0.15) is 11.7 Å². The average molecular weight is 195 g/mol. The molecule has 4 heteroatoms. The molecule has 0 saturated heterocycles. The number of carbonyl (C=O) groups is 1. The first kappa shape index (κ1) is 10.7. The van der Waals surface area contributed by atoms with Crippen molar-refractivity contribution in [2.75, 3.05) is 6.61 Å². The molecule has 0 bridgehead atoms. The lowest BCUT2D eigenvalue weighted by atomic mass is 10.0. The van der Waals surface area contributed by atoms with Crippen molar-refractivity contribution in [2.45, 2.75) is 12.1 Å². The van der Waals surface area contributed by atoms with Crippen LogP contribution in [0.5, 0.6) is 0 Å². The van der Waals surface area contributed by atoms with Crippen LogP contribution in [0.2, 0.25) is 0 Å². The minimum absolute atomic E-state index is 0.297. The molecule has 1 aromatic carbocycles. The van der Waals surface area contributed by atoms with Crippen LogP contribution in [0.4, 0.5) is 0 Å². The number of hydrogen-bond donors (Lipinski definition) is 3. The van der Waals surface area contributed by atoms with Gasteiger partial charge in [0.05, 0.1) is 12.6 Å². The van der Waals surface area contributed by atoms with E-state index in [0.29, 0.717) is 12.0 Å². The number of hydrogen-bond acceptors (Lipinski definition) is 3. The Morgan fingerprint density at radius 3 is 2.50 bits per heavy atom. The molecule has 0 fully saturated rings. The molecule has 0 aliphatic rings. The normalized spacial score (nSPS) is 14.4. The summed E-state index contributed by atoms with van der Waals surface area (Å²) in [5.74, 6) is 0. The Bertz CT molecular complexity index is 276. The van der Waals surface area contributed by atoms with E-state index in [1.807, 2.05) is 6.07 Å². The molecule has 2 atom stereocenters. The van der Waals surface area contributed by atoms with Gasteiger partial charge in [-0.15, -0.1) is 0 Å². The van der Waals surface area contributed by atoms with Gasteiger partial charge in [-0.25, -0.2) is 0 Å². The summed E-state index contributed by atoms with van der Waals surface area (Å²) in [7, 11) is 0. The number of rotatable bonds is 5. The third-order valence-corrected chi connectivity index (χ3v) is 2.00. The highest BCUT2D eigenvalue weighted by atomic mass is 16.3. The molecule has 0 aromatic heterocycles. The first-order chi connectivity index (χ1) is 6.79. The van der Waals surface area contributed by atoms with E-state index in [4.69, 9.17) is 5.11 Å². The van der Waals surface area contributed by atoms with Crippen molar-refractivity contribution in [3.05, 3.63) is 35.9 Å². The van der Waals surface area contributed by atoms with Crippen LogP contribution in [0, 0.1) is 0 Å². The molecular formula is C10H13NO3. The molecule has 4 nitrogen and oxygen atoms in total. The van der Waals surface area contributed by atoms with Crippen molar-refractivity contribution in [1.82, 2.24) is 5.32 Å². The van der Waals surface area contributed by atoms with Crippen LogP contribution in [0.3, 0.4) is 0 Å². The lowest BCUT2D eigenvalue weighted by Crippen LogP contribution is -2.37. The van der Waals surface area contributed by atoms with Gasteiger partial charge in [-0.05, 0) is 5.56 Å². The highest BCUT2D eigenvalue weighted by molar-refractivity contribution is 5.47. The number of benzene rings is 1. The zero-order valence-corrected chi connectivity index (χ0v) is 7.63. The molecule has 1 amide bonds. The minimum Gasteiger partial charge on any atom is -0.394 e. The summed E-state index contributed by atoms with van der Waals surface area (Å²) in [6.07, 6.45) is -0.418. The van der Waals surface area contributed by atoms with Gasteiger partial charge in [0.1, 0.15) is 6.10 Å². The molecule has 0 saturated carbocycles. The summed E-state index contributed by atoms with van der Waals surface area (Å²) >= 11 is 0. The summed E-state index contributed by atoms with van der Waals surface area (Å²) < 4.78 is 0. The maximum atomic E-state index is 10.2. The highest BCUT2D eigenvalue weighted by Crippen LogP contribution is 2.15. The molecule has 76 valence electrons. The van der Waals surface area contributed by atoms with E-state index in [-0.39, 0.29) is 6.61 Å². The lowest BCUT2D eigenvalue weighted by Gasteiger charge is -2.20. The van der Waals surface area contributed by atoms with E-state index >= 15 is 0 Å². The zero-order chi connectivity index (χ0) is 10.4. The van der Waals surface area contributed by atoms with Crippen LogP contribution in [0.25, 0.3) is 0 Å². The van der Waals surface area contributed by atoms with Gasteiger partial charge < -0.3 is 15.5 Å². The fraction of sp³-hybridized carbons (Fsp3) is 0.300. The van der Waals surface area contributed by atoms with Gasteiger partial charge in [0, 0.05) is 0 Å². The molecule has 0 aliphatic carbocycles. The van der Waals surface area contributed by atoms with Crippen molar-refractivity contribution in [1.29, 1.82) is 0 Å². The summed E-state index contributed by atoms with van der Waals surface area (Å²) in [4.78, 5) is 10.2. The molecule has 1 aromatic rings. The second kappa shape index (κ2) is 5.36. The summed E-state index contributed by atoms with van der Waals surface area (Å²) in [5.41, 5.74) is 0.668. The molecule has 0 aliphatic heterocycles. The van der Waals surface area contributed by atoms with Gasteiger partial charge in [0.15, 0.2) is 0 Å². The predicted octanol–water partition coefficient (Wildman–Crippen LogP) is -0.173. The number of amides is 1. The third-order valence-electron chi connectivity index (χ3n) is 2.00. The van der Waals surface area contributed by atoms with E-state index in [9.17, 15) is 9.90 Å². The Balaban J connectivity index is 2.72. The summed E-state index contributed by atoms with van der Waals surface area (Å²) in [5, 5.41) is 21.0. The molecule has 0 spiro atoms. The Kier molecular flexibility index (Phi) is 4.10. The fourth-order valence-corrected chi connectivity index (χ4v) is 1.21. The number of aliphatic hydroxyl groups is 2. The smallest absolute Gasteiger partial charge is 0.207 e. The van der Waals surface area contributed by atoms with Crippen molar-refractivity contribution >= 4 is 6.41 Å². The van der Waals surface area contributed by atoms with Gasteiger partial charge in [-0.2, -0.15) is 0 Å². The van der Waals surface area contributed by atoms with Gasteiger partial charge in [-0.1, -0.05) is 30.3 Å². The summed E-state index contributed by atoms with van der Waals surface area (Å²) in [6.45, 7) is -0.297. The van der Waals surface area contributed by atoms with E-state index in [0.717, 1.165) is 0 Å². The quantitative estimate of drug-likeness (QED) is 0.571. The standard InChI is InChI=1S/C10H13NO3/c12-6-9(11-7-13)10(14)8-4-2-1-3-5-8/h1-5,7,9-10,12,14H,6H2,(H,11,13)/t9-,10-/m0/s1. The number of nitrogens with one attached hydrogen (secondary N) is 1. The Labute approximate surface area is 82.2 Å². The first-order valence-corrected chi connectivity index (χ1v) is 4.33. The Morgan fingerprint density at radius 1 is 1.36 bits per heavy atom. The maximum Gasteiger partial charge on any atom is 0.207 e. The van der Waals surface area contributed by atoms with Gasteiger partial charge in [-0.3, -0.25) is 4.79 Å². The van der Waals surface area contributed by atoms with Crippen molar-refractivity contribution < 1.29 is 15.0 Å². The molecule has 14 heavy (non-hydrogen) atoms. The Morgan fingerprint density at radius 2 is 2.00 bits per heavy atom. The molecule has 1 rings (SSSR count). The molecule has 0 unspecified atom stereocenters. The van der Waals surface area contributed by atoms with Crippen LogP contribution in [-0.2, 0) is 4.79 Å².